The van der Waals surface area contributed by atoms with Crippen molar-refractivity contribution in [2.45, 2.75) is 6.04 Å². The first-order chi connectivity index (χ1) is 6.53. The Morgan fingerprint density at radius 2 is 2.36 bits per heavy atom. The van der Waals surface area contributed by atoms with Crippen molar-refractivity contribution >= 4 is 9.84 Å². The number of hydrogen-bond acceptors (Lipinski definition) is 5. The molecule has 0 aliphatic rings. The molecular formula is C8H13N3O2S. The molecule has 0 saturated carbocycles. The van der Waals surface area contributed by atoms with Gasteiger partial charge in [-0.15, -0.1) is 0 Å². The van der Waals surface area contributed by atoms with E-state index in [-0.39, 0.29) is 5.75 Å². The minimum atomic E-state index is -3.05. The van der Waals surface area contributed by atoms with E-state index in [0.717, 1.165) is 5.56 Å². The van der Waals surface area contributed by atoms with Gasteiger partial charge in [-0.05, 0) is 11.6 Å². The predicted molar refractivity (Wildman–Crippen MR) is 54.0 cm³/mol. The summed E-state index contributed by atoms with van der Waals surface area (Å²) < 4.78 is 22.1. The molecule has 0 saturated heterocycles. The van der Waals surface area contributed by atoms with Crippen molar-refractivity contribution in [3.8, 4) is 0 Å². The minimum Gasteiger partial charge on any atom is -0.271 e. The zero-order valence-electron chi connectivity index (χ0n) is 7.84. The average molecular weight is 215 g/mol. The second-order valence-electron chi connectivity index (χ2n) is 3.10. The summed E-state index contributed by atoms with van der Waals surface area (Å²) in [5, 5.41) is 0. The second-order valence-corrected chi connectivity index (χ2v) is 5.28. The quantitative estimate of drug-likeness (QED) is 0.529. The second kappa shape index (κ2) is 4.50. The highest BCUT2D eigenvalue weighted by Crippen LogP contribution is 2.11. The summed E-state index contributed by atoms with van der Waals surface area (Å²) in [5.74, 6) is 5.24. The van der Waals surface area contributed by atoms with Crippen molar-refractivity contribution in [2.75, 3.05) is 12.0 Å². The third-order valence-electron chi connectivity index (χ3n) is 1.76. The molecule has 1 heterocycles. The van der Waals surface area contributed by atoms with Crippen LogP contribution in [0, 0.1) is 0 Å². The van der Waals surface area contributed by atoms with Crippen LogP contribution in [0.1, 0.15) is 11.6 Å². The maximum atomic E-state index is 11.1. The van der Waals surface area contributed by atoms with Gasteiger partial charge in [-0.3, -0.25) is 16.3 Å². The minimum absolute atomic E-state index is 0.0325. The van der Waals surface area contributed by atoms with E-state index in [1.807, 2.05) is 0 Å². The summed E-state index contributed by atoms with van der Waals surface area (Å²) in [6.07, 6.45) is 4.39. The topological polar surface area (TPSA) is 85.1 Å². The Hall–Kier alpha value is -0.980. The molecule has 1 aromatic heterocycles. The standard InChI is InChI=1S/C8H13N3O2S/c1-14(12,13)6-8(11-9)7-3-2-4-10-5-7/h2-5,8,11H,6,9H2,1H3. The van der Waals surface area contributed by atoms with E-state index in [1.165, 1.54) is 6.26 Å². The van der Waals surface area contributed by atoms with Gasteiger partial charge in [0, 0.05) is 18.6 Å². The first-order valence-electron chi connectivity index (χ1n) is 4.06. The Bertz CT molecular complexity index is 377. The summed E-state index contributed by atoms with van der Waals surface area (Å²) in [4.78, 5) is 3.89. The van der Waals surface area contributed by atoms with Crippen molar-refractivity contribution in [3.63, 3.8) is 0 Å². The van der Waals surface area contributed by atoms with Gasteiger partial charge in [0.05, 0.1) is 11.8 Å². The summed E-state index contributed by atoms with van der Waals surface area (Å²) in [6, 6.07) is 3.11. The summed E-state index contributed by atoms with van der Waals surface area (Å²) >= 11 is 0. The van der Waals surface area contributed by atoms with Gasteiger partial charge in [0.2, 0.25) is 0 Å². The fourth-order valence-corrected chi connectivity index (χ4v) is 2.02. The maximum absolute atomic E-state index is 11.1. The van der Waals surface area contributed by atoms with Crippen molar-refractivity contribution in [1.29, 1.82) is 0 Å². The van der Waals surface area contributed by atoms with Gasteiger partial charge in [-0.1, -0.05) is 6.07 Å². The van der Waals surface area contributed by atoms with Crippen LogP contribution in [-0.2, 0) is 9.84 Å². The summed E-state index contributed by atoms with van der Waals surface area (Å²) in [7, 11) is -3.05. The molecule has 0 spiro atoms. The maximum Gasteiger partial charge on any atom is 0.149 e. The Balaban J connectivity index is 2.84. The Morgan fingerprint density at radius 1 is 1.64 bits per heavy atom. The van der Waals surface area contributed by atoms with E-state index in [9.17, 15) is 8.42 Å². The SMILES string of the molecule is CS(=O)(=O)CC(NN)c1cccnc1. The first kappa shape index (κ1) is 11.1. The number of nitrogens with zero attached hydrogens (tertiary/aromatic N) is 1. The molecule has 6 heteroatoms. The van der Waals surface area contributed by atoms with E-state index in [2.05, 4.69) is 10.4 Å². The number of aromatic nitrogens is 1. The number of sulfone groups is 1. The average Bonchev–Trinajstić information content (AvgIpc) is 2.14. The Labute approximate surface area is 83.2 Å². The number of pyridine rings is 1. The van der Waals surface area contributed by atoms with Gasteiger partial charge in [0.25, 0.3) is 0 Å². The highest BCUT2D eigenvalue weighted by atomic mass is 32.2. The fourth-order valence-electron chi connectivity index (χ4n) is 1.13. The van der Waals surface area contributed by atoms with Crippen LogP contribution in [0.25, 0.3) is 0 Å². The van der Waals surface area contributed by atoms with Crippen LogP contribution < -0.4 is 11.3 Å². The number of hydrogen-bond donors (Lipinski definition) is 2. The number of nitrogens with one attached hydrogen (secondary N) is 1. The fraction of sp³-hybridized carbons (Fsp3) is 0.375. The molecule has 0 aliphatic heterocycles. The van der Waals surface area contributed by atoms with E-state index in [4.69, 9.17) is 5.84 Å². The molecule has 0 aliphatic carbocycles. The van der Waals surface area contributed by atoms with E-state index in [1.54, 1.807) is 24.5 Å². The lowest BCUT2D eigenvalue weighted by molar-refractivity contribution is 0.563. The lowest BCUT2D eigenvalue weighted by Crippen LogP contribution is -2.33. The lowest BCUT2D eigenvalue weighted by atomic mass is 10.1. The van der Waals surface area contributed by atoms with Crippen molar-refractivity contribution in [3.05, 3.63) is 30.1 Å². The molecular weight excluding hydrogens is 202 g/mol. The number of hydrazine groups is 1. The highest BCUT2D eigenvalue weighted by molar-refractivity contribution is 7.90. The lowest BCUT2D eigenvalue weighted by Gasteiger charge is -2.14. The van der Waals surface area contributed by atoms with Gasteiger partial charge in [0.15, 0.2) is 0 Å². The predicted octanol–water partition coefficient (Wildman–Crippen LogP) is -0.369. The van der Waals surface area contributed by atoms with E-state index >= 15 is 0 Å². The smallest absolute Gasteiger partial charge is 0.149 e. The van der Waals surface area contributed by atoms with Gasteiger partial charge < -0.3 is 0 Å². The molecule has 0 aromatic carbocycles. The molecule has 1 unspecified atom stereocenters. The molecule has 0 bridgehead atoms. The third kappa shape index (κ3) is 3.41. The van der Waals surface area contributed by atoms with Gasteiger partial charge in [-0.2, -0.15) is 0 Å². The number of rotatable bonds is 4. The van der Waals surface area contributed by atoms with Gasteiger partial charge in [-0.25, -0.2) is 8.42 Å². The zero-order chi connectivity index (χ0) is 10.6. The van der Waals surface area contributed by atoms with Crippen LogP contribution in [-0.4, -0.2) is 25.4 Å². The highest BCUT2D eigenvalue weighted by Gasteiger charge is 2.15. The summed E-state index contributed by atoms with van der Waals surface area (Å²) in [6.45, 7) is 0. The molecule has 0 fully saturated rings. The van der Waals surface area contributed by atoms with Crippen LogP contribution in [0.2, 0.25) is 0 Å². The third-order valence-corrected chi connectivity index (χ3v) is 2.70. The molecule has 1 aromatic rings. The van der Waals surface area contributed by atoms with Crippen LogP contribution in [0.4, 0.5) is 0 Å². The summed E-state index contributed by atoms with van der Waals surface area (Å²) in [5.41, 5.74) is 3.22. The molecule has 1 atom stereocenters. The van der Waals surface area contributed by atoms with Crippen molar-refractivity contribution < 1.29 is 8.42 Å². The number of nitrogens with two attached hydrogens (primary N) is 1. The molecule has 78 valence electrons. The first-order valence-corrected chi connectivity index (χ1v) is 6.13. The van der Waals surface area contributed by atoms with Gasteiger partial charge in [0.1, 0.15) is 9.84 Å². The van der Waals surface area contributed by atoms with Crippen LogP contribution in [0.5, 0.6) is 0 Å². The zero-order valence-corrected chi connectivity index (χ0v) is 8.66. The monoisotopic (exact) mass is 215 g/mol. The Morgan fingerprint density at radius 3 is 2.79 bits per heavy atom. The van der Waals surface area contributed by atoms with E-state index < -0.39 is 15.9 Å². The van der Waals surface area contributed by atoms with Crippen LogP contribution in [0.15, 0.2) is 24.5 Å². The molecule has 5 nitrogen and oxygen atoms in total. The largest absolute Gasteiger partial charge is 0.271 e. The van der Waals surface area contributed by atoms with Crippen molar-refractivity contribution in [1.82, 2.24) is 10.4 Å². The van der Waals surface area contributed by atoms with Crippen molar-refractivity contribution in [2.24, 2.45) is 5.84 Å². The normalized spacial score (nSPS) is 13.9. The van der Waals surface area contributed by atoms with Crippen LogP contribution >= 0.6 is 0 Å². The Kier molecular flexibility index (Phi) is 3.56. The molecule has 14 heavy (non-hydrogen) atoms. The van der Waals surface area contributed by atoms with Crippen LogP contribution in [0.3, 0.4) is 0 Å². The van der Waals surface area contributed by atoms with Gasteiger partial charge >= 0.3 is 0 Å². The molecule has 3 N–H and O–H groups in total. The molecule has 1 rings (SSSR count). The molecule has 0 amide bonds. The molecule has 0 radical (unpaired) electrons. The van der Waals surface area contributed by atoms with E-state index in [0.29, 0.717) is 0 Å².